The second-order valence-electron chi connectivity index (χ2n) is 7.43. The van der Waals surface area contributed by atoms with E-state index in [-0.39, 0.29) is 6.10 Å². The molecule has 0 radical (unpaired) electrons. The minimum atomic E-state index is 0.0909. The highest BCUT2D eigenvalue weighted by atomic mass is 32.1. The van der Waals surface area contributed by atoms with Gasteiger partial charge >= 0.3 is 0 Å². The highest BCUT2D eigenvalue weighted by Gasteiger charge is 2.21. The Hall–Kier alpha value is -3.17. The topological polar surface area (TPSA) is 83.3 Å². The summed E-state index contributed by atoms with van der Waals surface area (Å²) in [6.45, 7) is 3.46. The number of hydrogen-bond donors (Lipinski definition) is 1. The molecule has 160 valence electrons. The number of methoxy groups -OCH3 is 1. The third-order valence-corrected chi connectivity index (χ3v) is 6.23. The monoisotopic (exact) mass is 437 g/mol. The average molecular weight is 438 g/mol. The number of anilines is 2. The largest absolute Gasteiger partial charge is 0.496 e. The van der Waals surface area contributed by atoms with Crippen LogP contribution in [0.5, 0.6) is 11.5 Å². The van der Waals surface area contributed by atoms with Crippen LogP contribution in [-0.2, 0) is 11.8 Å². The number of aromatic nitrogens is 4. The second kappa shape index (κ2) is 8.16. The smallest absolute Gasteiger partial charge is 0.227 e. The molecule has 8 nitrogen and oxygen atoms in total. The van der Waals surface area contributed by atoms with Gasteiger partial charge in [-0.15, -0.1) is 11.3 Å². The fourth-order valence-corrected chi connectivity index (χ4v) is 4.74. The first-order valence-corrected chi connectivity index (χ1v) is 10.9. The maximum Gasteiger partial charge on any atom is 0.227 e. The van der Waals surface area contributed by atoms with Gasteiger partial charge in [0.05, 0.1) is 48.6 Å². The van der Waals surface area contributed by atoms with Gasteiger partial charge in [-0.25, -0.2) is 9.97 Å². The van der Waals surface area contributed by atoms with Crippen molar-refractivity contribution in [3.63, 3.8) is 0 Å². The molecule has 3 aromatic heterocycles. The molecule has 1 N–H and O–H groups in total. The molecule has 1 fully saturated rings. The van der Waals surface area contributed by atoms with Crippen LogP contribution in [0.3, 0.4) is 0 Å². The zero-order valence-corrected chi connectivity index (χ0v) is 18.4. The predicted molar refractivity (Wildman–Crippen MR) is 120 cm³/mol. The Morgan fingerprint density at radius 1 is 1.29 bits per heavy atom. The summed E-state index contributed by atoms with van der Waals surface area (Å²) in [6.07, 6.45) is 6.47. The highest BCUT2D eigenvalue weighted by molar-refractivity contribution is 7.19. The highest BCUT2D eigenvalue weighted by Crippen LogP contribution is 2.42. The lowest BCUT2D eigenvalue weighted by Gasteiger charge is -2.15. The molecular formula is C22H23N5O3S. The first-order valence-electron chi connectivity index (χ1n) is 10.1. The number of ether oxygens (including phenoxy) is 3. The van der Waals surface area contributed by atoms with E-state index in [0.29, 0.717) is 12.6 Å². The van der Waals surface area contributed by atoms with Crippen LogP contribution in [0.4, 0.5) is 11.6 Å². The summed E-state index contributed by atoms with van der Waals surface area (Å²) in [7, 11) is 3.55. The molecule has 0 bridgehead atoms. The summed E-state index contributed by atoms with van der Waals surface area (Å²) < 4.78 is 19.9. The Balaban J connectivity index is 1.52. The van der Waals surface area contributed by atoms with Gasteiger partial charge in [0.2, 0.25) is 5.95 Å². The van der Waals surface area contributed by atoms with Crippen molar-refractivity contribution in [2.24, 2.45) is 7.05 Å². The molecule has 0 amide bonds. The number of fused-ring (bicyclic) bond motifs is 1. The minimum absolute atomic E-state index is 0.0909. The van der Waals surface area contributed by atoms with Crippen LogP contribution in [-0.4, -0.2) is 46.2 Å². The van der Waals surface area contributed by atoms with E-state index in [0.717, 1.165) is 56.4 Å². The van der Waals surface area contributed by atoms with Crippen molar-refractivity contribution in [1.82, 2.24) is 19.7 Å². The molecule has 0 aliphatic carbocycles. The van der Waals surface area contributed by atoms with E-state index in [9.17, 15) is 0 Å². The standard InChI is InChI=1S/C22H23N5O3S/c1-13-20(17-5-4-15(8-18(17)28-3)30-16-6-7-29-12-16)21-19(31-13)10-23-22(26-21)25-14-9-24-27(2)11-14/h4-5,8-11,16H,6-7,12H2,1-3H3,(H,23,25,26)/t16-/m1/s1. The minimum Gasteiger partial charge on any atom is -0.496 e. The van der Waals surface area contributed by atoms with Gasteiger partial charge in [-0.3, -0.25) is 4.68 Å². The van der Waals surface area contributed by atoms with E-state index in [1.165, 1.54) is 0 Å². The summed E-state index contributed by atoms with van der Waals surface area (Å²) in [5.74, 6) is 2.06. The van der Waals surface area contributed by atoms with Gasteiger partial charge < -0.3 is 19.5 Å². The number of nitrogens with zero attached hydrogens (tertiary/aromatic N) is 4. The van der Waals surface area contributed by atoms with E-state index in [4.69, 9.17) is 19.2 Å². The van der Waals surface area contributed by atoms with Gasteiger partial charge in [0.25, 0.3) is 0 Å². The molecule has 0 spiro atoms. The van der Waals surface area contributed by atoms with Crippen molar-refractivity contribution >= 4 is 33.2 Å². The van der Waals surface area contributed by atoms with Crippen molar-refractivity contribution in [3.05, 3.63) is 41.7 Å². The number of benzene rings is 1. The maximum absolute atomic E-state index is 6.05. The van der Waals surface area contributed by atoms with Crippen LogP contribution >= 0.6 is 11.3 Å². The maximum atomic E-state index is 6.05. The number of aryl methyl sites for hydroxylation is 2. The summed E-state index contributed by atoms with van der Waals surface area (Å²) in [5.41, 5.74) is 3.75. The second-order valence-corrected chi connectivity index (χ2v) is 8.69. The lowest BCUT2D eigenvalue weighted by molar-refractivity contribution is 0.141. The van der Waals surface area contributed by atoms with Gasteiger partial charge in [0.1, 0.15) is 17.6 Å². The van der Waals surface area contributed by atoms with Crippen molar-refractivity contribution in [3.8, 4) is 22.6 Å². The van der Waals surface area contributed by atoms with Crippen molar-refractivity contribution in [2.75, 3.05) is 25.6 Å². The summed E-state index contributed by atoms with van der Waals surface area (Å²) >= 11 is 1.67. The molecule has 1 aliphatic heterocycles. The quantitative estimate of drug-likeness (QED) is 0.481. The van der Waals surface area contributed by atoms with E-state index >= 15 is 0 Å². The normalized spacial score (nSPS) is 16.0. The Morgan fingerprint density at radius 3 is 2.94 bits per heavy atom. The third-order valence-electron chi connectivity index (χ3n) is 5.20. The number of thiophene rings is 1. The molecule has 31 heavy (non-hydrogen) atoms. The molecule has 0 unspecified atom stereocenters. The fraction of sp³-hybridized carbons (Fsp3) is 0.318. The number of hydrogen-bond acceptors (Lipinski definition) is 8. The predicted octanol–water partition coefficient (Wildman–Crippen LogP) is 4.32. The van der Waals surface area contributed by atoms with Gasteiger partial charge in [-0.1, -0.05) is 0 Å². The van der Waals surface area contributed by atoms with Crippen LogP contribution in [0.25, 0.3) is 21.3 Å². The molecule has 1 aliphatic rings. The van der Waals surface area contributed by atoms with Crippen LogP contribution in [0.1, 0.15) is 11.3 Å². The van der Waals surface area contributed by atoms with E-state index in [1.54, 1.807) is 29.3 Å². The Bertz CT molecular complexity index is 1230. The zero-order chi connectivity index (χ0) is 21.4. The van der Waals surface area contributed by atoms with Crippen LogP contribution < -0.4 is 14.8 Å². The van der Waals surface area contributed by atoms with Crippen LogP contribution in [0, 0.1) is 6.92 Å². The molecule has 4 heterocycles. The lowest BCUT2D eigenvalue weighted by atomic mass is 10.0. The van der Waals surface area contributed by atoms with Gasteiger partial charge in [0, 0.05) is 41.7 Å². The van der Waals surface area contributed by atoms with Gasteiger partial charge in [-0.05, 0) is 19.1 Å². The van der Waals surface area contributed by atoms with E-state index in [2.05, 4.69) is 22.3 Å². The Labute approximate surface area is 183 Å². The molecule has 1 atom stereocenters. The lowest BCUT2D eigenvalue weighted by Crippen LogP contribution is -2.15. The molecule has 4 aromatic rings. The van der Waals surface area contributed by atoms with Crippen LogP contribution in [0.15, 0.2) is 36.8 Å². The number of rotatable bonds is 6. The fourth-order valence-electron chi connectivity index (χ4n) is 3.75. The molecule has 1 saturated heterocycles. The zero-order valence-electron chi connectivity index (χ0n) is 17.6. The molecule has 9 heteroatoms. The Kier molecular flexibility index (Phi) is 5.21. The number of nitrogens with one attached hydrogen (secondary N) is 1. The van der Waals surface area contributed by atoms with Crippen molar-refractivity contribution in [2.45, 2.75) is 19.4 Å². The van der Waals surface area contributed by atoms with Gasteiger partial charge in [-0.2, -0.15) is 5.10 Å². The summed E-state index contributed by atoms with van der Waals surface area (Å²) in [5, 5.41) is 7.40. The van der Waals surface area contributed by atoms with E-state index in [1.807, 2.05) is 37.6 Å². The molecular weight excluding hydrogens is 414 g/mol. The van der Waals surface area contributed by atoms with Crippen molar-refractivity contribution < 1.29 is 14.2 Å². The molecule has 5 rings (SSSR count). The average Bonchev–Trinajstić information content (AvgIpc) is 3.49. The molecule has 0 saturated carbocycles. The third kappa shape index (κ3) is 3.94. The van der Waals surface area contributed by atoms with E-state index < -0.39 is 0 Å². The summed E-state index contributed by atoms with van der Waals surface area (Å²) in [6, 6.07) is 5.95. The van der Waals surface area contributed by atoms with Crippen molar-refractivity contribution in [1.29, 1.82) is 0 Å². The van der Waals surface area contributed by atoms with Gasteiger partial charge in [0.15, 0.2) is 0 Å². The van der Waals surface area contributed by atoms with Crippen LogP contribution in [0.2, 0.25) is 0 Å². The Morgan fingerprint density at radius 2 is 2.19 bits per heavy atom. The first-order chi connectivity index (χ1) is 15.1. The SMILES string of the molecule is COc1cc(O[C@@H]2CCOC2)ccc1-c1c(C)sc2cnc(Nc3cnn(C)c3)nc12. The molecule has 1 aromatic carbocycles. The summed E-state index contributed by atoms with van der Waals surface area (Å²) in [4.78, 5) is 10.4. The first kappa shape index (κ1) is 19.8.